The highest BCUT2D eigenvalue weighted by atomic mass is 16.5. The number of ether oxygens (including phenoxy) is 2. The maximum Gasteiger partial charge on any atom is 0.0487 e. The zero-order valence-corrected chi connectivity index (χ0v) is 7.06. The van der Waals surface area contributed by atoms with E-state index in [0.717, 1.165) is 32.8 Å². The first-order valence-electron chi connectivity index (χ1n) is 3.57. The summed E-state index contributed by atoms with van der Waals surface area (Å²) in [5.41, 5.74) is 0. The Morgan fingerprint density at radius 3 is 1.60 bits per heavy atom. The summed E-state index contributed by atoms with van der Waals surface area (Å²) in [4.78, 5) is 0. The zero-order chi connectivity index (χ0) is 6.95. The Labute approximate surface area is 63.3 Å². The van der Waals surface area contributed by atoms with Crippen LogP contribution in [0.5, 0.6) is 0 Å². The van der Waals surface area contributed by atoms with Gasteiger partial charge in [0.05, 0.1) is 0 Å². The monoisotopic (exact) mass is 149 g/mol. The van der Waals surface area contributed by atoms with Gasteiger partial charge in [-0.15, -0.1) is 0 Å². The van der Waals surface area contributed by atoms with Crippen LogP contribution in [0.15, 0.2) is 0 Å². The lowest BCUT2D eigenvalue weighted by molar-refractivity contribution is 0.0939. The predicted molar refractivity (Wildman–Crippen MR) is 42.6 cm³/mol. The van der Waals surface area contributed by atoms with Gasteiger partial charge in [-0.05, 0) is 20.3 Å². The summed E-state index contributed by atoms with van der Waals surface area (Å²) in [7, 11) is 0. The van der Waals surface area contributed by atoms with Crippen molar-refractivity contribution in [1.29, 1.82) is 0 Å². The molecule has 0 aromatic heterocycles. The van der Waals surface area contributed by atoms with Crippen molar-refractivity contribution in [3.8, 4) is 0 Å². The molecule has 0 bridgehead atoms. The van der Waals surface area contributed by atoms with Crippen LogP contribution in [0.1, 0.15) is 20.3 Å². The van der Waals surface area contributed by atoms with Gasteiger partial charge < -0.3 is 15.6 Å². The summed E-state index contributed by atoms with van der Waals surface area (Å²) < 4.78 is 10.2. The highest BCUT2D eigenvalue weighted by molar-refractivity contribution is 4.31. The second-order valence-electron chi connectivity index (χ2n) is 1.75. The molecule has 0 fully saturated rings. The van der Waals surface area contributed by atoms with Crippen molar-refractivity contribution in [3.63, 3.8) is 0 Å². The van der Waals surface area contributed by atoms with Crippen LogP contribution in [-0.2, 0) is 9.47 Å². The third kappa shape index (κ3) is 10.8. The Morgan fingerprint density at radius 1 is 0.900 bits per heavy atom. The molecule has 0 aromatic rings. The summed E-state index contributed by atoms with van der Waals surface area (Å²) in [5.74, 6) is 0. The van der Waals surface area contributed by atoms with Crippen LogP contribution in [0.4, 0.5) is 0 Å². The first kappa shape index (κ1) is 12.5. The average molecular weight is 149 g/mol. The molecule has 0 aliphatic carbocycles. The minimum atomic E-state index is 0. The Kier molecular flexibility index (Phi) is 14.6. The summed E-state index contributed by atoms with van der Waals surface area (Å²) in [6.07, 6.45) is 1.02. The Hall–Kier alpha value is -0.120. The summed E-state index contributed by atoms with van der Waals surface area (Å²) in [6.45, 7) is 7.28. The Bertz CT molecular complexity index is 44.9. The van der Waals surface area contributed by atoms with Gasteiger partial charge >= 0.3 is 0 Å². The van der Waals surface area contributed by atoms with Crippen LogP contribution in [0, 0.1) is 0 Å². The minimum Gasteiger partial charge on any atom is -0.382 e. The molecule has 0 atom stereocenters. The highest BCUT2D eigenvalue weighted by Crippen LogP contribution is 1.83. The van der Waals surface area contributed by atoms with Crippen molar-refractivity contribution in [2.45, 2.75) is 20.3 Å². The molecule has 0 saturated carbocycles. The van der Waals surface area contributed by atoms with Crippen LogP contribution >= 0.6 is 0 Å². The van der Waals surface area contributed by atoms with Gasteiger partial charge in [-0.1, -0.05) is 0 Å². The van der Waals surface area contributed by atoms with Crippen LogP contribution in [0.3, 0.4) is 0 Å². The van der Waals surface area contributed by atoms with E-state index in [-0.39, 0.29) is 6.15 Å². The first-order chi connectivity index (χ1) is 4.41. The third-order valence-electron chi connectivity index (χ3n) is 0.986. The molecular weight excluding hydrogens is 130 g/mol. The van der Waals surface area contributed by atoms with Gasteiger partial charge in [0.15, 0.2) is 0 Å². The van der Waals surface area contributed by atoms with Gasteiger partial charge in [-0.2, -0.15) is 0 Å². The Morgan fingerprint density at radius 2 is 1.30 bits per heavy atom. The quantitative estimate of drug-likeness (QED) is 0.584. The SMILES string of the molecule is CCOCCCOCC.N. The molecule has 3 N–H and O–H groups in total. The Balaban J connectivity index is 0. The van der Waals surface area contributed by atoms with Gasteiger partial charge in [0, 0.05) is 26.4 Å². The summed E-state index contributed by atoms with van der Waals surface area (Å²) in [6, 6.07) is 0. The molecule has 0 saturated heterocycles. The molecule has 0 radical (unpaired) electrons. The van der Waals surface area contributed by atoms with Crippen LogP contribution in [0.25, 0.3) is 0 Å². The molecule has 0 rings (SSSR count). The molecule has 0 aliphatic heterocycles. The van der Waals surface area contributed by atoms with Gasteiger partial charge in [0.25, 0.3) is 0 Å². The highest BCUT2D eigenvalue weighted by Gasteiger charge is 1.84. The molecule has 0 aromatic carbocycles. The van der Waals surface area contributed by atoms with Gasteiger partial charge in [0.1, 0.15) is 0 Å². The molecule has 0 unspecified atom stereocenters. The smallest absolute Gasteiger partial charge is 0.0487 e. The molecular formula is C7H19NO2. The van der Waals surface area contributed by atoms with E-state index in [9.17, 15) is 0 Å². The first-order valence-corrected chi connectivity index (χ1v) is 3.57. The molecule has 0 spiro atoms. The standard InChI is InChI=1S/C7H16O2.H3N/c1-3-8-6-5-7-9-4-2;/h3-7H2,1-2H3;1H3. The lowest BCUT2D eigenvalue weighted by atomic mass is 10.5. The van der Waals surface area contributed by atoms with E-state index in [1.807, 2.05) is 13.8 Å². The zero-order valence-electron chi connectivity index (χ0n) is 7.06. The fourth-order valence-corrected chi connectivity index (χ4v) is 0.552. The van der Waals surface area contributed by atoms with Crippen molar-refractivity contribution < 1.29 is 9.47 Å². The van der Waals surface area contributed by atoms with Gasteiger partial charge in [-0.3, -0.25) is 0 Å². The molecule has 3 heteroatoms. The maximum absolute atomic E-state index is 5.10. The molecule has 0 amide bonds. The van der Waals surface area contributed by atoms with Crippen molar-refractivity contribution in [3.05, 3.63) is 0 Å². The average Bonchev–Trinajstić information content (AvgIpc) is 1.89. The van der Waals surface area contributed by atoms with Crippen LogP contribution in [0.2, 0.25) is 0 Å². The number of hydrogen-bond donors (Lipinski definition) is 1. The number of hydrogen-bond acceptors (Lipinski definition) is 3. The topological polar surface area (TPSA) is 53.5 Å². The fraction of sp³-hybridized carbons (Fsp3) is 1.00. The van der Waals surface area contributed by atoms with Crippen molar-refractivity contribution in [2.75, 3.05) is 26.4 Å². The lowest BCUT2D eigenvalue weighted by Gasteiger charge is -2.00. The van der Waals surface area contributed by atoms with E-state index >= 15 is 0 Å². The van der Waals surface area contributed by atoms with Crippen molar-refractivity contribution in [2.24, 2.45) is 0 Å². The normalized spacial score (nSPS) is 9.00. The molecule has 3 nitrogen and oxygen atoms in total. The third-order valence-corrected chi connectivity index (χ3v) is 0.986. The summed E-state index contributed by atoms with van der Waals surface area (Å²) in [5, 5.41) is 0. The molecule has 64 valence electrons. The fourth-order valence-electron chi connectivity index (χ4n) is 0.552. The van der Waals surface area contributed by atoms with E-state index in [2.05, 4.69) is 0 Å². The van der Waals surface area contributed by atoms with Crippen LogP contribution in [-0.4, -0.2) is 26.4 Å². The minimum absolute atomic E-state index is 0. The van der Waals surface area contributed by atoms with Gasteiger partial charge in [0.2, 0.25) is 0 Å². The van der Waals surface area contributed by atoms with E-state index in [0.29, 0.717) is 0 Å². The van der Waals surface area contributed by atoms with Crippen molar-refractivity contribution >= 4 is 0 Å². The van der Waals surface area contributed by atoms with Crippen LogP contribution < -0.4 is 6.15 Å². The molecule has 0 heterocycles. The molecule has 10 heavy (non-hydrogen) atoms. The lowest BCUT2D eigenvalue weighted by Crippen LogP contribution is -1.99. The second-order valence-corrected chi connectivity index (χ2v) is 1.75. The summed E-state index contributed by atoms with van der Waals surface area (Å²) >= 11 is 0. The van der Waals surface area contributed by atoms with E-state index in [1.54, 1.807) is 0 Å². The van der Waals surface area contributed by atoms with E-state index < -0.39 is 0 Å². The number of rotatable bonds is 6. The molecule has 0 aliphatic rings. The predicted octanol–water partition coefficient (Wildman–Crippen LogP) is 1.61. The van der Waals surface area contributed by atoms with Gasteiger partial charge in [-0.25, -0.2) is 0 Å². The maximum atomic E-state index is 5.10. The largest absolute Gasteiger partial charge is 0.382 e. The second kappa shape index (κ2) is 11.6. The van der Waals surface area contributed by atoms with Crippen molar-refractivity contribution in [1.82, 2.24) is 6.15 Å². The van der Waals surface area contributed by atoms with E-state index in [1.165, 1.54) is 0 Å². The van der Waals surface area contributed by atoms with E-state index in [4.69, 9.17) is 9.47 Å².